The van der Waals surface area contributed by atoms with Crippen LogP contribution in [0, 0.1) is 11.6 Å². The Balaban J connectivity index is 2.01. The second-order valence-electron chi connectivity index (χ2n) is 4.63. The van der Waals surface area contributed by atoms with Gasteiger partial charge in [-0.2, -0.15) is 13.2 Å². The van der Waals surface area contributed by atoms with Crippen molar-refractivity contribution in [2.45, 2.75) is 12.7 Å². The van der Waals surface area contributed by atoms with Gasteiger partial charge in [-0.15, -0.1) is 0 Å². The van der Waals surface area contributed by atoms with E-state index >= 15 is 0 Å². The van der Waals surface area contributed by atoms with E-state index < -0.39 is 17.6 Å². The van der Waals surface area contributed by atoms with Gasteiger partial charge in [0.25, 0.3) is 0 Å². The molecule has 23 heavy (non-hydrogen) atoms. The Labute approximate surface area is 134 Å². The lowest BCUT2D eigenvalue weighted by Crippen LogP contribution is -2.28. The van der Waals surface area contributed by atoms with Gasteiger partial charge in [-0.05, 0) is 48.1 Å². The summed E-state index contributed by atoms with van der Waals surface area (Å²) in [4.78, 5) is 0. The van der Waals surface area contributed by atoms with Crippen molar-refractivity contribution >= 4 is 23.0 Å². The van der Waals surface area contributed by atoms with Crippen LogP contribution in [0.3, 0.4) is 0 Å². The van der Waals surface area contributed by atoms with Gasteiger partial charge in [0.2, 0.25) is 0 Å². The van der Waals surface area contributed by atoms with Crippen LogP contribution in [-0.2, 0) is 12.7 Å². The molecule has 0 aliphatic rings. The highest BCUT2D eigenvalue weighted by atomic mass is 32.1. The van der Waals surface area contributed by atoms with Crippen LogP contribution in [-0.4, -0.2) is 5.11 Å². The number of nitrogens with one attached hydrogen (secondary N) is 2. The maximum Gasteiger partial charge on any atom is 0.416 e. The van der Waals surface area contributed by atoms with Gasteiger partial charge < -0.3 is 10.6 Å². The molecule has 0 heterocycles. The van der Waals surface area contributed by atoms with Gasteiger partial charge in [0, 0.05) is 6.54 Å². The molecule has 0 atom stereocenters. The molecular formula is C15H11F5N2S. The van der Waals surface area contributed by atoms with Crippen molar-refractivity contribution in [1.82, 2.24) is 5.32 Å². The second-order valence-corrected chi connectivity index (χ2v) is 5.03. The first kappa shape index (κ1) is 17.1. The Kier molecular flexibility index (Phi) is 5.15. The number of anilines is 1. The van der Waals surface area contributed by atoms with E-state index in [1.165, 1.54) is 24.3 Å². The number of hydrogen-bond acceptors (Lipinski definition) is 1. The van der Waals surface area contributed by atoms with Crippen molar-refractivity contribution in [3.63, 3.8) is 0 Å². The maximum atomic E-state index is 13.6. The molecule has 2 nitrogen and oxygen atoms in total. The molecule has 0 saturated heterocycles. The summed E-state index contributed by atoms with van der Waals surface area (Å²) >= 11 is 4.91. The van der Waals surface area contributed by atoms with Crippen molar-refractivity contribution in [1.29, 1.82) is 0 Å². The number of rotatable bonds is 3. The van der Waals surface area contributed by atoms with Gasteiger partial charge in [0.05, 0.1) is 11.3 Å². The predicted molar refractivity (Wildman–Crippen MR) is 80.9 cm³/mol. The van der Waals surface area contributed by atoms with Crippen LogP contribution in [0.5, 0.6) is 0 Å². The molecule has 0 aliphatic carbocycles. The van der Waals surface area contributed by atoms with E-state index in [0.717, 1.165) is 0 Å². The van der Waals surface area contributed by atoms with Crippen molar-refractivity contribution < 1.29 is 22.0 Å². The molecule has 0 fully saturated rings. The van der Waals surface area contributed by atoms with E-state index in [1.54, 1.807) is 0 Å². The van der Waals surface area contributed by atoms with Crippen LogP contribution < -0.4 is 10.6 Å². The summed E-state index contributed by atoms with van der Waals surface area (Å²) in [6.45, 7) is 0.215. The number of benzene rings is 2. The van der Waals surface area contributed by atoms with Gasteiger partial charge >= 0.3 is 6.18 Å². The Morgan fingerprint density at radius 1 is 1.00 bits per heavy atom. The molecule has 0 aliphatic heterocycles. The fourth-order valence-electron chi connectivity index (χ4n) is 1.75. The average molecular weight is 346 g/mol. The number of hydrogen-bond donors (Lipinski definition) is 2. The minimum absolute atomic E-state index is 0.0486. The molecule has 2 rings (SSSR count). The Hall–Kier alpha value is -2.22. The lowest BCUT2D eigenvalue weighted by atomic mass is 10.2. The summed E-state index contributed by atoms with van der Waals surface area (Å²) < 4.78 is 64.2. The Bertz CT molecular complexity index is 698. The van der Waals surface area contributed by atoms with Crippen LogP contribution >= 0.6 is 12.2 Å². The monoisotopic (exact) mass is 346 g/mol. The molecule has 0 amide bonds. The molecular weight excluding hydrogens is 335 g/mol. The van der Waals surface area contributed by atoms with Gasteiger partial charge in [-0.3, -0.25) is 0 Å². The summed E-state index contributed by atoms with van der Waals surface area (Å²) in [5.74, 6) is -1.25. The third-order valence-electron chi connectivity index (χ3n) is 2.91. The summed E-state index contributed by atoms with van der Waals surface area (Å²) in [7, 11) is 0. The van der Waals surface area contributed by atoms with E-state index in [-0.39, 0.29) is 23.2 Å². The van der Waals surface area contributed by atoms with Crippen molar-refractivity contribution in [3.8, 4) is 0 Å². The van der Waals surface area contributed by atoms with Gasteiger partial charge in [-0.1, -0.05) is 12.1 Å². The zero-order chi connectivity index (χ0) is 17.0. The van der Waals surface area contributed by atoms with Gasteiger partial charge in [-0.25, -0.2) is 8.78 Å². The highest BCUT2D eigenvalue weighted by Gasteiger charge is 2.31. The highest BCUT2D eigenvalue weighted by Crippen LogP contribution is 2.31. The molecule has 0 aromatic heterocycles. The normalized spacial score (nSPS) is 11.2. The van der Waals surface area contributed by atoms with Gasteiger partial charge in [0.1, 0.15) is 11.6 Å². The van der Waals surface area contributed by atoms with Crippen molar-refractivity contribution in [3.05, 3.63) is 65.2 Å². The minimum atomic E-state index is -4.58. The van der Waals surface area contributed by atoms with Crippen LogP contribution in [0.1, 0.15) is 11.1 Å². The van der Waals surface area contributed by atoms with Crippen LogP contribution in [0.15, 0.2) is 42.5 Å². The molecule has 2 N–H and O–H groups in total. The van der Waals surface area contributed by atoms with Crippen LogP contribution in [0.4, 0.5) is 27.6 Å². The number of halogens is 5. The number of alkyl halides is 3. The smallest absolute Gasteiger partial charge is 0.358 e. The fraction of sp³-hybridized carbons (Fsp3) is 0.133. The second kappa shape index (κ2) is 6.91. The Morgan fingerprint density at radius 3 is 2.26 bits per heavy atom. The van der Waals surface area contributed by atoms with E-state index in [1.807, 2.05) is 0 Å². The van der Waals surface area contributed by atoms with E-state index in [2.05, 4.69) is 10.6 Å². The van der Waals surface area contributed by atoms with Crippen LogP contribution in [0.2, 0.25) is 0 Å². The standard InChI is InChI=1S/C15H11F5N2S/c16-11-4-1-9(2-5-11)8-21-14(23)22-13-7-10(15(18,19)20)3-6-12(13)17/h1-7H,8H2,(H2,21,22,23). The van der Waals surface area contributed by atoms with Gasteiger partial charge in [0.15, 0.2) is 5.11 Å². The first-order valence-corrected chi connectivity index (χ1v) is 6.82. The topological polar surface area (TPSA) is 24.1 Å². The summed E-state index contributed by atoms with van der Waals surface area (Å²) in [5.41, 5.74) is -0.653. The predicted octanol–water partition coefficient (Wildman–Crippen LogP) is 4.47. The van der Waals surface area contributed by atoms with E-state index in [4.69, 9.17) is 12.2 Å². The fourth-order valence-corrected chi connectivity index (χ4v) is 1.93. The summed E-state index contributed by atoms with van der Waals surface area (Å²) in [6, 6.07) is 7.58. The molecule has 0 radical (unpaired) electrons. The zero-order valence-electron chi connectivity index (χ0n) is 11.5. The van der Waals surface area contributed by atoms with Crippen molar-refractivity contribution in [2.24, 2.45) is 0 Å². The molecule has 0 bridgehead atoms. The number of thiocarbonyl (C=S) groups is 1. The maximum absolute atomic E-state index is 13.6. The third-order valence-corrected chi connectivity index (χ3v) is 3.15. The quantitative estimate of drug-likeness (QED) is 0.633. The molecule has 2 aromatic rings. The molecule has 0 spiro atoms. The molecule has 0 saturated carbocycles. The molecule has 0 unspecified atom stereocenters. The Morgan fingerprint density at radius 2 is 1.65 bits per heavy atom. The average Bonchev–Trinajstić information content (AvgIpc) is 2.48. The first-order valence-electron chi connectivity index (χ1n) is 6.42. The molecule has 8 heteroatoms. The van der Waals surface area contributed by atoms with Crippen molar-refractivity contribution in [2.75, 3.05) is 5.32 Å². The van der Waals surface area contributed by atoms with E-state index in [9.17, 15) is 22.0 Å². The highest BCUT2D eigenvalue weighted by molar-refractivity contribution is 7.80. The SMILES string of the molecule is Fc1ccc(CNC(=S)Nc2cc(C(F)(F)F)ccc2F)cc1. The van der Waals surface area contributed by atoms with E-state index in [0.29, 0.717) is 23.8 Å². The largest absolute Gasteiger partial charge is 0.416 e. The molecule has 122 valence electrons. The zero-order valence-corrected chi connectivity index (χ0v) is 12.4. The lowest BCUT2D eigenvalue weighted by molar-refractivity contribution is -0.137. The van der Waals surface area contributed by atoms with Crippen LogP contribution in [0.25, 0.3) is 0 Å². The first-order chi connectivity index (χ1) is 10.8. The third kappa shape index (κ3) is 4.88. The summed E-state index contributed by atoms with van der Waals surface area (Å²) in [6.07, 6.45) is -4.58. The lowest BCUT2D eigenvalue weighted by Gasteiger charge is -2.13. The molecule has 2 aromatic carbocycles. The minimum Gasteiger partial charge on any atom is -0.358 e. The summed E-state index contributed by atoms with van der Waals surface area (Å²) in [5, 5.41) is 5.03.